The molecule has 1 saturated heterocycles. The van der Waals surface area contributed by atoms with Gasteiger partial charge in [0, 0.05) is 30.7 Å². The van der Waals surface area contributed by atoms with E-state index in [2.05, 4.69) is 5.32 Å². The van der Waals surface area contributed by atoms with E-state index in [0.29, 0.717) is 12.7 Å². The van der Waals surface area contributed by atoms with Gasteiger partial charge in [-0.25, -0.2) is 4.39 Å². The average molecular weight is 285 g/mol. The summed E-state index contributed by atoms with van der Waals surface area (Å²) in [6, 6.07) is 0.769. The summed E-state index contributed by atoms with van der Waals surface area (Å²) in [4.78, 5) is 10.0. The van der Waals surface area contributed by atoms with Gasteiger partial charge in [-0.3, -0.25) is 10.1 Å². The van der Waals surface area contributed by atoms with Crippen LogP contribution >= 0.6 is 0 Å². The Kier molecular flexibility index (Phi) is 3.06. The fourth-order valence-corrected chi connectivity index (χ4v) is 2.97. The number of nitro benzene ring substituents is 1. The number of nitrogens with zero attached hydrogens (tertiary/aromatic N) is 1. The number of rotatable bonds is 3. The zero-order valence-electron chi connectivity index (χ0n) is 10.4. The van der Waals surface area contributed by atoms with Crippen LogP contribution < -0.4 is 11.1 Å². The maximum absolute atomic E-state index is 13.5. The van der Waals surface area contributed by atoms with Crippen molar-refractivity contribution < 1.29 is 18.4 Å². The van der Waals surface area contributed by atoms with E-state index in [1.807, 2.05) is 0 Å². The van der Waals surface area contributed by atoms with Gasteiger partial charge < -0.3 is 15.8 Å². The predicted molar refractivity (Wildman–Crippen MR) is 66.2 cm³/mol. The number of nitro groups is 1. The lowest BCUT2D eigenvalue weighted by Crippen LogP contribution is -2.65. The maximum Gasteiger partial charge on any atom is 0.327 e. The van der Waals surface area contributed by atoms with Crippen LogP contribution in [0, 0.1) is 27.7 Å². The number of anilines is 1. The first-order valence-corrected chi connectivity index (χ1v) is 6.26. The first-order chi connectivity index (χ1) is 9.49. The zero-order chi connectivity index (χ0) is 14.4. The second kappa shape index (κ2) is 4.64. The highest BCUT2D eigenvalue weighted by Crippen LogP contribution is 2.41. The summed E-state index contributed by atoms with van der Waals surface area (Å²) in [5.41, 5.74) is 4.97. The van der Waals surface area contributed by atoms with Gasteiger partial charge in [0.25, 0.3) is 0 Å². The molecule has 1 aromatic rings. The molecular formula is C12H13F2N3O3. The first kappa shape index (κ1) is 13.2. The summed E-state index contributed by atoms with van der Waals surface area (Å²) < 4.78 is 32.2. The van der Waals surface area contributed by atoms with Crippen LogP contribution in [0.4, 0.5) is 20.2 Å². The lowest BCUT2D eigenvalue weighted by atomic mass is 9.72. The largest absolute Gasteiger partial charge is 0.376 e. The normalized spacial score (nSPS) is 31.6. The summed E-state index contributed by atoms with van der Waals surface area (Å²) in [6.07, 6.45) is 0.680. The van der Waals surface area contributed by atoms with E-state index in [4.69, 9.17) is 10.5 Å². The highest BCUT2D eigenvalue weighted by atomic mass is 19.1. The van der Waals surface area contributed by atoms with E-state index in [9.17, 15) is 18.9 Å². The molecule has 2 aliphatic rings. The van der Waals surface area contributed by atoms with Crippen molar-refractivity contribution in [1.29, 1.82) is 0 Å². The van der Waals surface area contributed by atoms with Crippen LogP contribution in [-0.4, -0.2) is 29.7 Å². The lowest BCUT2D eigenvalue weighted by Gasteiger charge is -2.46. The molecule has 1 aliphatic heterocycles. The molecule has 0 amide bonds. The Balaban J connectivity index is 1.89. The topological polar surface area (TPSA) is 90.4 Å². The zero-order valence-corrected chi connectivity index (χ0v) is 10.4. The van der Waals surface area contributed by atoms with Crippen molar-refractivity contribution in [3.8, 4) is 0 Å². The summed E-state index contributed by atoms with van der Waals surface area (Å²) in [6.45, 7) is 0.584. The SMILES string of the molecule is NC1C2CCOC2C1Nc1cc(F)cc(F)c1[N+](=O)[O-]. The molecule has 0 bridgehead atoms. The highest BCUT2D eigenvalue weighted by molar-refractivity contribution is 5.63. The number of benzene rings is 1. The van der Waals surface area contributed by atoms with Crippen molar-refractivity contribution in [1.82, 2.24) is 0 Å². The Bertz CT molecular complexity index is 569. The Morgan fingerprint density at radius 1 is 1.45 bits per heavy atom. The smallest absolute Gasteiger partial charge is 0.327 e. The monoisotopic (exact) mass is 285 g/mol. The standard InChI is InChI=1S/C12H13F2N3O3/c13-5-3-7(14)11(17(18)19)8(4-5)16-10-9(15)6-1-2-20-12(6)10/h3-4,6,9-10,12,16H,1-2,15H2. The number of nitrogens with two attached hydrogens (primary N) is 1. The average Bonchev–Trinajstić information content (AvgIpc) is 2.79. The predicted octanol–water partition coefficient (Wildman–Crippen LogP) is 1.40. The second-order valence-corrected chi connectivity index (χ2v) is 5.08. The third-order valence-electron chi connectivity index (χ3n) is 3.98. The van der Waals surface area contributed by atoms with Gasteiger partial charge >= 0.3 is 5.69 Å². The van der Waals surface area contributed by atoms with Gasteiger partial charge in [0.2, 0.25) is 5.82 Å². The molecule has 0 spiro atoms. The van der Waals surface area contributed by atoms with E-state index < -0.39 is 22.2 Å². The van der Waals surface area contributed by atoms with Crippen LogP contribution in [0.5, 0.6) is 0 Å². The number of fused-ring (bicyclic) bond motifs is 1. The molecule has 4 atom stereocenters. The highest BCUT2D eigenvalue weighted by Gasteiger charge is 2.52. The van der Waals surface area contributed by atoms with Crippen molar-refractivity contribution >= 4 is 11.4 Å². The van der Waals surface area contributed by atoms with Gasteiger partial charge in [-0.1, -0.05) is 0 Å². The third kappa shape index (κ3) is 1.92. The fraction of sp³-hybridized carbons (Fsp3) is 0.500. The Morgan fingerprint density at radius 3 is 2.90 bits per heavy atom. The van der Waals surface area contributed by atoms with E-state index in [1.165, 1.54) is 0 Å². The van der Waals surface area contributed by atoms with E-state index in [-0.39, 0.29) is 29.8 Å². The van der Waals surface area contributed by atoms with Crippen LogP contribution in [0.25, 0.3) is 0 Å². The Labute approximate surface area is 113 Å². The number of ether oxygens (including phenoxy) is 1. The summed E-state index contributed by atoms with van der Waals surface area (Å²) in [5, 5.41) is 13.7. The molecule has 0 radical (unpaired) electrons. The van der Waals surface area contributed by atoms with Crippen LogP contribution in [0.1, 0.15) is 6.42 Å². The molecule has 1 saturated carbocycles. The van der Waals surface area contributed by atoms with Crippen LogP contribution in [0.3, 0.4) is 0 Å². The van der Waals surface area contributed by atoms with Crippen LogP contribution in [-0.2, 0) is 4.74 Å². The molecule has 20 heavy (non-hydrogen) atoms. The third-order valence-corrected chi connectivity index (χ3v) is 3.98. The van der Waals surface area contributed by atoms with Crippen molar-refractivity contribution in [3.63, 3.8) is 0 Å². The molecule has 3 N–H and O–H groups in total. The van der Waals surface area contributed by atoms with Crippen LogP contribution in [0.2, 0.25) is 0 Å². The summed E-state index contributed by atoms with van der Waals surface area (Å²) in [5.74, 6) is -1.90. The summed E-state index contributed by atoms with van der Waals surface area (Å²) in [7, 11) is 0. The second-order valence-electron chi connectivity index (χ2n) is 5.08. The van der Waals surface area contributed by atoms with E-state index >= 15 is 0 Å². The van der Waals surface area contributed by atoms with E-state index in [0.717, 1.165) is 12.5 Å². The minimum atomic E-state index is -1.21. The molecule has 1 aliphatic carbocycles. The number of nitrogens with one attached hydrogen (secondary N) is 1. The van der Waals surface area contributed by atoms with Gasteiger partial charge in [0.1, 0.15) is 11.5 Å². The van der Waals surface area contributed by atoms with Gasteiger partial charge in [-0.15, -0.1) is 0 Å². The van der Waals surface area contributed by atoms with Gasteiger partial charge in [0.05, 0.1) is 17.1 Å². The van der Waals surface area contributed by atoms with Gasteiger partial charge in [-0.2, -0.15) is 4.39 Å². The van der Waals surface area contributed by atoms with Gasteiger partial charge in [0.15, 0.2) is 0 Å². The maximum atomic E-state index is 13.5. The van der Waals surface area contributed by atoms with Crippen molar-refractivity contribution in [2.24, 2.45) is 11.7 Å². The molecule has 108 valence electrons. The molecule has 2 fully saturated rings. The first-order valence-electron chi connectivity index (χ1n) is 6.26. The number of hydrogen-bond donors (Lipinski definition) is 2. The molecule has 8 heteroatoms. The molecule has 0 aromatic heterocycles. The molecule has 1 heterocycles. The number of halogens is 2. The molecule has 1 aromatic carbocycles. The lowest BCUT2D eigenvalue weighted by molar-refractivity contribution is -0.386. The Morgan fingerprint density at radius 2 is 2.20 bits per heavy atom. The van der Waals surface area contributed by atoms with Crippen molar-refractivity contribution in [2.45, 2.75) is 24.6 Å². The van der Waals surface area contributed by atoms with E-state index in [1.54, 1.807) is 0 Å². The molecular weight excluding hydrogens is 272 g/mol. The van der Waals surface area contributed by atoms with Crippen LogP contribution in [0.15, 0.2) is 12.1 Å². The minimum Gasteiger partial charge on any atom is -0.376 e. The fourth-order valence-electron chi connectivity index (χ4n) is 2.97. The molecule has 6 nitrogen and oxygen atoms in total. The number of hydrogen-bond acceptors (Lipinski definition) is 5. The van der Waals surface area contributed by atoms with Crippen molar-refractivity contribution in [2.75, 3.05) is 11.9 Å². The van der Waals surface area contributed by atoms with Gasteiger partial charge in [-0.05, 0) is 6.42 Å². The minimum absolute atomic E-state index is 0.157. The Hall–Kier alpha value is -1.80. The van der Waals surface area contributed by atoms with Crippen molar-refractivity contribution in [3.05, 3.63) is 33.9 Å². The quantitative estimate of drug-likeness (QED) is 0.647. The molecule has 3 rings (SSSR count). The molecule has 4 unspecified atom stereocenters. The summed E-state index contributed by atoms with van der Waals surface area (Å²) >= 11 is 0.